The quantitative estimate of drug-likeness (QED) is 0.293. The Kier molecular flexibility index (Phi) is 4.83. The monoisotopic (exact) mass is 527 g/mol. The van der Waals surface area contributed by atoms with Crippen molar-refractivity contribution in [1.29, 1.82) is 0 Å². The molecule has 3 aromatic carbocycles. The summed E-state index contributed by atoms with van der Waals surface area (Å²) in [5.74, 6) is 0.737. The molecule has 0 radical (unpaired) electrons. The average Bonchev–Trinajstić information content (AvgIpc) is 3.20. The molecule has 150 valence electrons. The Bertz CT molecular complexity index is 1180. The minimum Gasteiger partial charge on any atom is -0.463 e. The number of nitrogens with zero attached hydrogens (tertiary/aromatic N) is 3. The number of hydrogen-bond donors (Lipinski definition) is 0. The predicted molar refractivity (Wildman–Crippen MR) is 120 cm³/mol. The lowest BCUT2D eigenvalue weighted by Gasteiger charge is -2.38. The number of ether oxygens (including phenoxy) is 1. The first-order chi connectivity index (χ1) is 14.5. The summed E-state index contributed by atoms with van der Waals surface area (Å²) in [5, 5.41) is 18.1. The highest BCUT2D eigenvalue weighted by Crippen LogP contribution is 2.51. The Balaban J connectivity index is 1.64. The van der Waals surface area contributed by atoms with Crippen LogP contribution in [-0.2, 0) is 0 Å². The fraction of sp³-hybridized carbons (Fsp3) is 0.136. The van der Waals surface area contributed by atoms with Crippen LogP contribution in [0.2, 0.25) is 0 Å². The number of hydrogen-bond acceptors (Lipinski definition) is 5. The van der Waals surface area contributed by atoms with Crippen molar-refractivity contribution in [2.75, 3.05) is 0 Å². The van der Waals surface area contributed by atoms with Crippen LogP contribution in [0.15, 0.2) is 80.8 Å². The van der Waals surface area contributed by atoms with E-state index in [0.717, 1.165) is 31.5 Å². The number of nitro benzene ring substituents is 1. The van der Waals surface area contributed by atoms with Gasteiger partial charge in [-0.15, -0.1) is 0 Å². The SMILES string of the molecule is O=[N+]([O-])c1cccc([C@@H]2Oc3c(Br)cc(Br)cc3[C@@H]3CC(c4ccccc4)=NN32)c1. The van der Waals surface area contributed by atoms with Crippen molar-refractivity contribution < 1.29 is 9.66 Å². The van der Waals surface area contributed by atoms with E-state index >= 15 is 0 Å². The van der Waals surface area contributed by atoms with Crippen molar-refractivity contribution in [3.05, 3.63) is 102 Å². The highest BCUT2D eigenvalue weighted by molar-refractivity contribution is 9.11. The van der Waals surface area contributed by atoms with Crippen molar-refractivity contribution in [1.82, 2.24) is 5.01 Å². The molecule has 3 aromatic rings. The molecule has 30 heavy (non-hydrogen) atoms. The maximum absolute atomic E-state index is 11.3. The van der Waals surface area contributed by atoms with Crippen molar-refractivity contribution in [2.24, 2.45) is 5.10 Å². The van der Waals surface area contributed by atoms with Gasteiger partial charge in [0.1, 0.15) is 5.75 Å². The number of benzene rings is 3. The summed E-state index contributed by atoms with van der Waals surface area (Å²) in [6, 6.07) is 20.5. The molecule has 6 nitrogen and oxygen atoms in total. The Hall–Kier alpha value is -2.71. The minimum absolute atomic E-state index is 0.0276. The van der Waals surface area contributed by atoms with Gasteiger partial charge in [-0.05, 0) is 33.6 Å². The number of hydrazone groups is 1. The zero-order valence-electron chi connectivity index (χ0n) is 15.5. The summed E-state index contributed by atoms with van der Waals surface area (Å²) >= 11 is 7.18. The van der Waals surface area contributed by atoms with E-state index in [-0.39, 0.29) is 11.7 Å². The summed E-state index contributed by atoms with van der Waals surface area (Å²) < 4.78 is 8.14. The average molecular weight is 529 g/mol. The van der Waals surface area contributed by atoms with Crippen LogP contribution in [0.4, 0.5) is 5.69 Å². The highest BCUT2D eigenvalue weighted by Gasteiger charge is 2.42. The molecule has 0 saturated carbocycles. The van der Waals surface area contributed by atoms with Crippen molar-refractivity contribution in [2.45, 2.75) is 18.7 Å². The summed E-state index contributed by atoms with van der Waals surface area (Å²) in [5.41, 5.74) is 3.75. The van der Waals surface area contributed by atoms with E-state index in [1.54, 1.807) is 12.1 Å². The molecule has 0 bridgehead atoms. The number of nitro groups is 1. The van der Waals surface area contributed by atoms with E-state index in [9.17, 15) is 10.1 Å². The highest BCUT2D eigenvalue weighted by atomic mass is 79.9. The molecule has 2 aliphatic rings. The molecule has 8 heteroatoms. The lowest BCUT2D eigenvalue weighted by atomic mass is 9.96. The maximum atomic E-state index is 11.3. The molecule has 0 saturated heterocycles. The van der Waals surface area contributed by atoms with Crippen molar-refractivity contribution in [3.63, 3.8) is 0 Å². The molecular weight excluding hydrogens is 514 g/mol. The number of halogens is 2. The van der Waals surface area contributed by atoms with Crippen molar-refractivity contribution >= 4 is 43.3 Å². The normalized spacial score (nSPS) is 19.5. The Morgan fingerprint density at radius 1 is 1.07 bits per heavy atom. The Labute approximate surface area is 189 Å². The molecule has 0 N–H and O–H groups in total. The van der Waals surface area contributed by atoms with Crippen LogP contribution in [0.3, 0.4) is 0 Å². The van der Waals surface area contributed by atoms with Gasteiger partial charge >= 0.3 is 0 Å². The summed E-state index contributed by atoms with van der Waals surface area (Å²) in [7, 11) is 0. The second kappa shape index (κ2) is 7.52. The third-order valence-electron chi connectivity index (χ3n) is 5.28. The van der Waals surface area contributed by atoms with Crippen LogP contribution >= 0.6 is 31.9 Å². The number of non-ortho nitro benzene ring substituents is 1. The van der Waals surface area contributed by atoms with Gasteiger partial charge in [-0.3, -0.25) is 10.1 Å². The molecular formula is C22H15Br2N3O3. The summed E-state index contributed by atoms with van der Waals surface area (Å²) in [6.45, 7) is 0. The van der Waals surface area contributed by atoms with Crippen molar-refractivity contribution in [3.8, 4) is 5.75 Å². The van der Waals surface area contributed by atoms with E-state index in [2.05, 4.69) is 31.9 Å². The first kappa shape index (κ1) is 19.3. The van der Waals surface area contributed by atoms with Gasteiger partial charge in [0.25, 0.3) is 5.69 Å². The molecule has 2 atom stereocenters. The smallest absolute Gasteiger partial charge is 0.269 e. The summed E-state index contributed by atoms with van der Waals surface area (Å²) in [6.07, 6.45) is 0.149. The standard InChI is InChI=1S/C22H15Br2N3O3/c23-15-10-17-20-12-19(13-5-2-1-3-6-13)25-26(20)22(30-21(17)18(24)11-15)14-7-4-8-16(9-14)27(28)29/h1-11,20,22H,12H2/t20-,22-/m0/s1. The van der Waals surface area contributed by atoms with E-state index in [1.807, 2.05) is 53.5 Å². The van der Waals surface area contributed by atoms with Gasteiger partial charge in [0.2, 0.25) is 6.23 Å². The van der Waals surface area contributed by atoms with Crippen LogP contribution in [0.1, 0.15) is 35.4 Å². The Morgan fingerprint density at radius 2 is 1.87 bits per heavy atom. The molecule has 0 unspecified atom stereocenters. The number of rotatable bonds is 3. The zero-order valence-corrected chi connectivity index (χ0v) is 18.7. The fourth-order valence-corrected chi connectivity index (χ4v) is 5.28. The first-order valence-electron chi connectivity index (χ1n) is 9.32. The van der Waals surface area contributed by atoms with E-state index in [0.29, 0.717) is 12.0 Å². The van der Waals surface area contributed by atoms with Gasteiger partial charge < -0.3 is 4.74 Å². The van der Waals surface area contributed by atoms with Gasteiger partial charge in [-0.25, -0.2) is 5.01 Å². The second-order valence-corrected chi connectivity index (χ2v) is 8.91. The van der Waals surface area contributed by atoms with Gasteiger partial charge in [0.05, 0.1) is 21.1 Å². The minimum atomic E-state index is -0.568. The van der Waals surface area contributed by atoms with E-state index in [4.69, 9.17) is 9.84 Å². The molecule has 2 aliphatic heterocycles. The van der Waals surface area contributed by atoms with Gasteiger partial charge in [0, 0.05) is 34.2 Å². The third kappa shape index (κ3) is 3.30. The van der Waals surface area contributed by atoms with E-state index < -0.39 is 11.2 Å². The van der Waals surface area contributed by atoms with Crippen LogP contribution in [-0.4, -0.2) is 15.6 Å². The lowest BCUT2D eigenvalue weighted by Crippen LogP contribution is -2.34. The molecule has 0 aromatic heterocycles. The number of fused-ring (bicyclic) bond motifs is 3. The maximum Gasteiger partial charge on any atom is 0.269 e. The van der Waals surface area contributed by atoms with Crippen LogP contribution in [0.25, 0.3) is 0 Å². The molecule has 2 heterocycles. The van der Waals surface area contributed by atoms with Gasteiger partial charge in [-0.1, -0.05) is 58.4 Å². The molecule has 0 amide bonds. The Morgan fingerprint density at radius 3 is 2.63 bits per heavy atom. The molecule has 5 rings (SSSR count). The zero-order chi connectivity index (χ0) is 20.8. The molecule has 0 fully saturated rings. The van der Waals surface area contributed by atoms with Crippen LogP contribution < -0.4 is 4.74 Å². The van der Waals surface area contributed by atoms with Crippen LogP contribution in [0, 0.1) is 10.1 Å². The topological polar surface area (TPSA) is 68.0 Å². The molecule has 0 aliphatic carbocycles. The molecule has 0 spiro atoms. The first-order valence-corrected chi connectivity index (χ1v) is 10.9. The summed E-state index contributed by atoms with van der Waals surface area (Å²) in [4.78, 5) is 10.9. The van der Waals surface area contributed by atoms with Gasteiger partial charge in [-0.2, -0.15) is 5.10 Å². The van der Waals surface area contributed by atoms with Gasteiger partial charge in [0.15, 0.2) is 0 Å². The second-order valence-electron chi connectivity index (χ2n) is 7.14. The van der Waals surface area contributed by atoms with E-state index in [1.165, 1.54) is 6.07 Å². The predicted octanol–water partition coefficient (Wildman–Crippen LogP) is 6.36. The fourth-order valence-electron chi connectivity index (χ4n) is 3.93. The van der Waals surface area contributed by atoms with Crippen LogP contribution in [0.5, 0.6) is 5.75 Å². The lowest BCUT2D eigenvalue weighted by molar-refractivity contribution is -0.385. The largest absolute Gasteiger partial charge is 0.463 e. The third-order valence-corrected chi connectivity index (χ3v) is 6.33.